The molecule has 5 rings (SSSR count). The quantitative estimate of drug-likeness (QED) is 0.0762. The number of hydrogen-bond donors (Lipinski definition) is 13. The molecule has 0 spiro atoms. The van der Waals surface area contributed by atoms with Crippen molar-refractivity contribution in [3.8, 4) is 0 Å². The van der Waals surface area contributed by atoms with Crippen LogP contribution in [0.1, 0.15) is 115 Å². The molecule has 0 amide bonds. The Balaban J connectivity index is 0.000000597. The van der Waals surface area contributed by atoms with Gasteiger partial charge >= 0.3 is 17.9 Å². The molecule has 14 N–H and O–H groups in total. The summed E-state index contributed by atoms with van der Waals surface area (Å²) in [6, 6.07) is 9.41. The monoisotopic (exact) mass is 1280 g/mol. The Morgan fingerprint density at radius 2 is 1.36 bits per heavy atom. The molecule has 492 valence electrons. The standard InChI is InChI=1S/C47H75NO17.C17H17Cl2NO3/c1-27-17-15-13-11-9-7-5-6-8-10-12-14-16-18-34(64-46-44(58)41(48)43(57)30(4)63-46)24-38-40(45(59)60)37(54)26-47(61,65-38)25-36(53)35(52)20-19-31(49)21-32(50)22-33(51)23-39(55)62-29(3)28(2)42(27)56;1-3-22-10-23-17(21)12-6-4-5-7-14(12)20-16-13(18)9-8-11(2)15(16)19/h5-6,8,10-18,27-38,40-44,46,49-54,56-58,61H,7,9,19-26,48H2,1-4H3,(H,59,60);4-9,20H,3,10H2,1-2H3/b6-5+,10-8+,13-11+,14-12+,17-15+,18-16+;/t27-,28-,29-,30+,31+,32+,33+,34-,35+,36+,37-,38-,40+,41-,42+,43+,44-,46-,47+;/m0./s1. The van der Waals surface area contributed by atoms with Crippen molar-refractivity contribution in [2.45, 2.75) is 203 Å². The van der Waals surface area contributed by atoms with Crippen LogP contribution in [0.3, 0.4) is 0 Å². The number of cyclic esters (lactones) is 1. The number of fused-ring (bicyclic) bond motifs is 2. The largest absolute Gasteiger partial charge is 0.481 e. The van der Waals surface area contributed by atoms with Crippen molar-refractivity contribution < 1.29 is 99.0 Å². The third-order valence-corrected chi connectivity index (χ3v) is 16.2. The van der Waals surface area contributed by atoms with Gasteiger partial charge in [0.1, 0.15) is 18.1 Å². The van der Waals surface area contributed by atoms with Crippen molar-refractivity contribution in [3.63, 3.8) is 0 Å². The first-order valence-corrected chi connectivity index (χ1v) is 30.5. The van der Waals surface area contributed by atoms with Crippen molar-refractivity contribution in [1.29, 1.82) is 0 Å². The highest BCUT2D eigenvalue weighted by atomic mass is 35.5. The number of aliphatic hydroxyl groups is 10. The molecule has 0 aliphatic carbocycles. The highest BCUT2D eigenvalue weighted by Gasteiger charge is 2.51. The van der Waals surface area contributed by atoms with E-state index in [0.29, 0.717) is 33.6 Å². The van der Waals surface area contributed by atoms with Gasteiger partial charge in [-0.05, 0) is 90.0 Å². The number of rotatable bonds is 9. The number of nitrogens with one attached hydrogen (secondary N) is 1. The summed E-state index contributed by atoms with van der Waals surface area (Å²) < 4.78 is 33.3. The maximum atomic E-state index is 12.6. The Bertz CT molecular complexity index is 2660. The first-order chi connectivity index (χ1) is 41.7. The number of aliphatic hydroxyl groups excluding tert-OH is 9. The van der Waals surface area contributed by atoms with Gasteiger partial charge in [-0.3, -0.25) is 9.59 Å². The molecular weight excluding hydrogens is 1190 g/mol. The topological polar surface area (TPSA) is 367 Å². The number of hydrogen-bond acceptors (Lipinski definition) is 21. The smallest absolute Gasteiger partial charge is 0.342 e. The third-order valence-electron chi connectivity index (χ3n) is 15.4. The zero-order valence-corrected chi connectivity index (χ0v) is 52.2. The first kappa shape index (κ1) is 75.5. The van der Waals surface area contributed by atoms with Gasteiger partial charge in [-0.25, -0.2) is 4.79 Å². The van der Waals surface area contributed by atoms with Crippen molar-refractivity contribution in [2.75, 3.05) is 18.7 Å². The van der Waals surface area contributed by atoms with Crippen molar-refractivity contribution in [3.05, 3.63) is 130 Å². The summed E-state index contributed by atoms with van der Waals surface area (Å²) in [5.41, 5.74) is 8.39. The van der Waals surface area contributed by atoms with Crippen LogP contribution >= 0.6 is 23.2 Å². The molecule has 3 aliphatic heterocycles. The zero-order valence-electron chi connectivity index (χ0n) is 50.7. The van der Waals surface area contributed by atoms with E-state index in [1.165, 1.54) is 13.0 Å². The predicted molar refractivity (Wildman–Crippen MR) is 330 cm³/mol. The highest BCUT2D eigenvalue weighted by Crippen LogP contribution is 2.39. The van der Waals surface area contributed by atoms with Crippen molar-refractivity contribution in [1.82, 2.24) is 0 Å². The Labute approximate surface area is 525 Å². The fourth-order valence-electron chi connectivity index (χ4n) is 10.0. The minimum Gasteiger partial charge on any atom is -0.481 e. The number of halogens is 2. The second kappa shape index (κ2) is 38.0. The van der Waals surface area contributed by atoms with E-state index in [0.717, 1.165) is 18.4 Å². The fraction of sp³-hybridized carbons (Fsp3) is 0.578. The summed E-state index contributed by atoms with van der Waals surface area (Å²) in [7, 11) is 0. The SMILES string of the molecule is CCOCOC(=O)c1ccccc1Nc1c(Cl)ccc(C)c1Cl.C[C@@H]1[C@H](O)[C@@H](C)/C=C/C=C/CC/C=C/C=C/C=C/C=C/[C@H](O[C@@H]2O[C@H](C)[C@@H](O)[C@H](N)[C@@H]2O)C[C@@H]2O[C@](O)(C[C@@H](O)[C@H](O)CC[C@@H](O)C[C@@H](O)C[C@@H](O)CC(=O)O[C@H]1C)C[C@H](O)[C@H]2C(=O)O. The molecule has 2 bridgehead atoms. The van der Waals surface area contributed by atoms with Gasteiger partial charge < -0.3 is 95.6 Å². The Morgan fingerprint density at radius 1 is 0.739 bits per heavy atom. The summed E-state index contributed by atoms with van der Waals surface area (Å²) in [5, 5.41) is 122. The maximum absolute atomic E-state index is 12.6. The molecule has 2 fully saturated rings. The molecular formula is C64H92Cl2N2O20. The van der Waals surface area contributed by atoms with E-state index in [4.69, 9.17) is 57.4 Å². The van der Waals surface area contributed by atoms with E-state index in [1.54, 1.807) is 68.5 Å². The number of benzene rings is 2. The molecule has 0 saturated carbocycles. The molecule has 24 heteroatoms. The fourth-order valence-corrected chi connectivity index (χ4v) is 10.5. The predicted octanol–water partition coefficient (Wildman–Crippen LogP) is 6.13. The zero-order chi connectivity index (χ0) is 65.3. The highest BCUT2D eigenvalue weighted by molar-refractivity contribution is 6.39. The number of nitrogens with two attached hydrogens (primary N) is 1. The van der Waals surface area contributed by atoms with Crippen LogP contribution in [0.15, 0.2) is 109 Å². The van der Waals surface area contributed by atoms with Crippen LogP contribution in [-0.2, 0) is 38.0 Å². The van der Waals surface area contributed by atoms with Gasteiger partial charge in [0.25, 0.3) is 0 Å². The van der Waals surface area contributed by atoms with Crippen LogP contribution in [0.25, 0.3) is 0 Å². The second-order valence-corrected chi connectivity index (χ2v) is 23.4. The average Bonchev–Trinajstić information content (AvgIpc) is 3.68. The molecule has 0 unspecified atom stereocenters. The number of aliphatic carboxylic acids is 1. The van der Waals surface area contributed by atoms with Gasteiger partial charge in [0.05, 0.1) is 107 Å². The van der Waals surface area contributed by atoms with Crippen LogP contribution in [0, 0.1) is 24.7 Å². The molecule has 0 radical (unpaired) electrons. The van der Waals surface area contributed by atoms with E-state index in [2.05, 4.69) is 5.32 Å². The second-order valence-electron chi connectivity index (χ2n) is 22.6. The average molecular weight is 1280 g/mol. The van der Waals surface area contributed by atoms with Gasteiger partial charge in [-0.1, -0.05) is 128 Å². The summed E-state index contributed by atoms with van der Waals surface area (Å²) in [6.07, 6.45) is 2.28. The normalized spacial score (nSPS) is 36.1. The van der Waals surface area contributed by atoms with Crippen molar-refractivity contribution in [2.24, 2.45) is 23.5 Å². The lowest BCUT2D eigenvalue weighted by atomic mass is 9.82. The number of anilines is 2. The summed E-state index contributed by atoms with van der Waals surface area (Å²) >= 11 is 12.5. The molecule has 22 nitrogen and oxygen atoms in total. The summed E-state index contributed by atoms with van der Waals surface area (Å²) in [4.78, 5) is 37.2. The molecule has 2 aromatic carbocycles. The number of carboxylic acids is 1. The van der Waals surface area contributed by atoms with Gasteiger partial charge in [0, 0.05) is 37.7 Å². The van der Waals surface area contributed by atoms with Crippen LogP contribution in [-0.4, -0.2) is 185 Å². The number of aryl methyl sites for hydroxylation is 1. The van der Waals surface area contributed by atoms with Gasteiger partial charge in [0.2, 0.25) is 0 Å². The minimum absolute atomic E-state index is 0.0877. The van der Waals surface area contributed by atoms with E-state index >= 15 is 0 Å². The van der Waals surface area contributed by atoms with Gasteiger partial charge in [-0.15, -0.1) is 0 Å². The maximum Gasteiger partial charge on any atom is 0.342 e. The van der Waals surface area contributed by atoms with Gasteiger partial charge in [-0.2, -0.15) is 0 Å². The summed E-state index contributed by atoms with van der Waals surface area (Å²) in [6.45, 7) is 10.9. The number of carbonyl (C=O) groups excluding carboxylic acids is 2. The van der Waals surface area contributed by atoms with Crippen LogP contribution < -0.4 is 11.1 Å². The van der Waals surface area contributed by atoms with Crippen LogP contribution in [0.4, 0.5) is 11.4 Å². The minimum atomic E-state index is -2.35. The van der Waals surface area contributed by atoms with E-state index in [9.17, 15) is 70.6 Å². The lowest BCUT2D eigenvalue weighted by Crippen LogP contribution is -2.61. The molecule has 19 atom stereocenters. The Kier molecular flexibility index (Phi) is 32.7. The van der Waals surface area contributed by atoms with Gasteiger partial charge in [0.15, 0.2) is 18.9 Å². The number of allylic oxidation sites excluding steroid dienone is 10. The number of ether oxygens (including phenoxy) is 6. The number of carbonyl (C=O) groups is 3. The first-order valence-electron chi connectivity index (χ1n) is 29.7. The third kappa shape index (κ3) is 24.7. The Morgan fingerprint density at radius 3 is 2.05 bits per heavy atom. The van der Waals surface area contributed by atoms with Crippen LogP contribution in [0.2, 0.25) is 10.0 Å². The molecule has 2 aromatic rings. The number of para-hydroxylation sites is 1. The molecule has 0 aromatic heterocycles. The van der Waals surface area contributed by atoms with E-state index in [-0.39, 0.29) is 44.8 Å². The molecule has 3 heterocycles. The summed E-state index contributed by atoms with van der Waals surface area (Å²) in [5.74, 6) is -7.31. The van der Waals surface area contributed by atoms with Crippen LogP contribution in [0.5, 0.6) is 0 Å². The van der Waals surface area contributed by atoms with E-state index < -0.39 is 146 Å². The Hall–Kier alpha value is -4.93. The molecule has 88 heavy (non-hydrogen) atoms. The molecule has 2 saturated heterocycles. The number of carboxylic acid groups (broad SMARTS) is 1. The molecule has 3 aliphatic rings. The lowest BCUT2D eigenvalue weighted by Gasteiger charge is -2.45. The lowest BCUT2D eigenvalue weighted by molar-refractivity contribution is -0.310. The number of esters is 2. The van der Waals surface area contributed by atoms with Crippen molar-refractivity contribution >= 4 is 52.5 Å². The van der Waals surface area contributed by atoms with E-state index in [1.807, 2.05) is 69.4 Å².